The number of carbonyl (C=O) groups excluding carboxylic acids is 3. The van der Waals surface area contributed by atoms with E-state index in [9.17, 15) is 27.9 Å². The van der Waals surface area contributed by atoms with Gasteiger partial charge in [0.25, 0.3) is 5.91 Å². The fourth-order valence-electron chi connectivity index (χ4n) is 6.79. The van der Waals surface area contributed by atoms with E-state index in [4.69, 9.17) is 0 Å². The Balaban J connectivity index is 1.33. The van der Waals surface area contributed by atoms with Gasteiger partial charge >= 0.3 is 0 Å². The van der Waals surface area contributed by atoms with Crippen LogP contribution in [0.15, 0.2) is 53.4 Å². The average Bonchev–Trinajstić information content (AvgIpc) is 3.70. The van der Waals surface area contributed by atoms with E-state index in [2.05, 4.69) is 10.6 Å². The number of amides is 3. The van der Waals surface area contributed by atoms with Crippen molar-refractivity contribution in [3.8, 4) is 0 Å². The number of benzene rings is 2. The molecule has 226 valence electrons. The molecule has 2 aromatic carbocycles. The van der Waals surface area contributed by atoms with Crippen molar-refractivity contribution in [1.82, 2.24) is 10.6 Å². The van der Waals surface area contributed by atoms with E-state index in [0.29, 0.717) is 43.3 Å². The van der Waals surface area contributed by atoms with Gasteiger partial charge in [-0.05, 0) is 74.1 Å². The van der Waals surface area contributed by atoms with Crippen LogP contribution in [0.25, 0.3) is 0 Å². The second-order valence-corrected chi connectivity index (χ2v) is 14.4. The molecule has 0 spiro atoms. The van der Waals surface area contributed by atoms with Gasteiger partial charge in [0.05, 0.1) is 17.0 Å². The zero-order valence-corrected chi connectivity index (χ0v) is 25.1. The summed E-state index contributed by atoms with van der Waals surface area (Å²) in [5.41, 5.74) is 1.34. The molecule has 2 bridgehead atoms. The molecule has 1 heterocycles. The van der Waals surface area contributed by atoms with Crippen molar-refractivity contribution >= 4 is 33.2 Å². The molecule has 3 aliphatic rings. The van der Waals surface area contributed by atoms with Crippen molar-refractivity contribution in [2.75, 3.05) is 17.7 Å². The maximum absolute atomic E-state index is 13.6. The number of sulfone groups is 1. The van der Waals surface area contributed by atoms with Crippen LogP contribution < -0.4 is 15.5 Å². The lowest BCUT2D eigenvalue weighted by molar-refractivity contribution is -0.126. The van der Waals surface area contributed by atoms with Crippen LogP contribution in [-0.2, 0) is 25.8 Å². The van der Waals surface area contributed by atoms with Gasteiger partial charge in [-0.15, -0.1) is 0 Å². The topological polar surface area (TPSA) is 133 Å². The van der Waals surface area contributed by atoms with Crippen molar-refractivity contribution in [3.63, 3.8) is 0 Å². The Labute approximate surface area is 248 Å². The maximum Gasteiger partial charge on any atom is 0.251 e. The minimum Gasteiger partial charge on any atom is -0.391 e. The highest BCUT2D eigenvalue weighted by Crippen LogP contribution is 2.44. The van der Waals surface area contributed by atoms with E-state index in [1.54, 1.807) is 6.92 Å². The molecule has 3 N–H and O–H groups in total. The summed E-state index contributed by atoms with van der Waals surface area (Å²) >= 11 is 0. The van der Waals surface area contributed by atoms with Crippen LogP contribution in [0.4, 0.5) is 5.69 Å². The van der Waals surface area contributed by atoms with Gasteiger partial charge in [-0.1, -0.05) is 43.7 Å². The first kappa shape index (κ1) is 30.2. The van der Waals surface area contributed by atoms with Gasteiger partial charge in [0.15, 0.2) is 9.84 Å². The number of carbonyl (C=O) groups is 3. The largest absolute Gasteiger partial charge is 0.391 e. The predicted octanol–water partition coefficient (Wildman–Crippen LogP) is 3.25. The Morgan fingerprint density at radius 1 is 1.10 bits per heavy atom. The summed E-state index contributed by atoms with van der Waals surface area (Å²) in [7, 11) is -3.67. The molecule has 4 unspecified atom stereocenters. The number of fused-ring (bicyclic) bond motifs is 2. The molecule has 3 fully saturated rings. The molecule has 42 heavy (non-hydrogen) atoms. The van der Waals surface area contributed by atoms with Crippen LogP contribution in [0.3, 0.4) is 0 Å². The molecule has 10 heteroatoms. The van der Waals surface area contributed by atoms with Crippen molar-refractivity contribution < 1.29 is 27.9 Å². The van der Waals surface area contributed by atoms with Crippen molar-refractivity contribution in [1.29, 1.82) is 0 Å². The SMILES string of the molecule is CC(C[C@H](O)[C@H](Cc1ccccc1)NC(=O)c1cc(N2CCCC2=O)cc(S(C)(=O)=O)c1)C(=O)NC1CC2CCC1C2. The average molecular weight is 596 g/mol. The normalized spacial score (nSPS) is 23.9. The van der Waals surface area contributed by atoms with E-state index in [1.165, 1.54) is 35.9 Å². The molecule has 5 rings (SSSR count). The minimum atomic E-state index is -3.67. The lowest BCUT2D eigenvalue weighted by Gasteiger charge is -2.28. The third-order valence-corrected chi connectivity index (χ3v) is 10.2. The summed E-state index contributed by atoms with van der Waals surface area (Å²) < 4.78 is 24.9. The predicted molar refractivity (Wildman–Crippen MR) is 160 cm³/mol. The monoisotopic (exact) mass is 595 g/mol. The smallest absolute Gasteiger partial charge is 0.251 e. The number of rotatable bonds is 11. The summed E-state index contributed by atoms with van der Waals surface area (Å²) in [6, 6.07) is 13.1. The molecule has 2 aromatic rings. The highest BCUT2D eigenvalue weighted by atomic mass is 32.2. The maximum atomic E-state index is 13.6. The van der Waals surface area contributed by atoms with E-state index in [1.807, 2.05) is 30.3 Å². The number of aliphatic hydroxyl groups excluding tert-OH is 1. The quantitative estimate of drug-likeness (QED) is 0.365. The highest BCUT2D eigenvalue weighted by Gasteiger charge is 2.40. The number of anilines is 1. The Morgan fingerprint density at radius 3 is 2.48 bits per heavy atom. The van der Waals surface area contributed by atoms with Gasteiger partial charge in [0.2, 0.25) is 11.8 Å². The molecule has 0 radical (unpaired) electrons. The van der Waals surface area contributed by atoms with Gasteiger partial charge in [-0.25, -0.2) is 8.42 Å². The molecule has 6 atom stereocenters. The van der Waals surface area contributed by atoms with Crippen LogP contribution in [-0.4, -0.2) is 62.2 Å². The van der Waals surface area contributed by atoms with Gasteiger partial charge in [0, 0.05) is 42.4 Å². The van der Waals surface area contributed by atoms with Crippen LogP contribution in [0, 0.1) is 17.8 Å². The Bertz CT molecular complexity index is 1430. The zero-order chi connectivity index (χ0) is 30.0. The standard InChI is InChI=1S/C32H41N3O6S/c1-20(31(38)33-27-16-22-10-11-23(27)14-22)13-29(36)28(15-21-7-4-3-5-8-21)34-32(39)24-17-25(35-12-6-9-30(35)37)19-26(18-24)42(2,40)41/h3-5,7-8,17-20,22-23,27-29,36H,6,9-16H2,1-2H3,(H,33,38)(H,34,39)/t20?,22?,23?,27?,28-,29-/m0/s1. The van der Waals surface area contributed by atoms with Crippen molar-refractivity contribution in [2.24, 2.45) is 17.8 Å². The molecular formula is C32H41N3O6S. The first-order valence-corrected chi connectivity index (χ1v) is 16.9. The highest BCUT2D eigenvalue weighted by molar-refractivity contribution is 7.90. The lowest BCUT2D eigenvalue weighted by atomic mass is 9.92. The van der Waals surface area contributed by atoms with Crippen LogP contribution in [0.2, 0.25) is 0 Å². The Kier molecular flexibility index (Phi) is 9.03. The molecule has 1 saturated heterocycles. The van der Waals surface area contributed by atoms with Crippen LogP contribution in [0.1, 0.15) is 67.8 Å². The number of hydrogen-bond donors (Lipinski definition) is 3. The summed E-state index contributed by atoms with van der Waals surface area (Å²) in [6.07, 6.45) is 6.13. The molecule has 0 aromatic heterocycles. The summed E-state index contributed by atoms with van der Waals surface area (Å²) in [6.45, 7) is 2.24. The van der Waals surface area contributed by atoms with Crippen LogP contribution in [0.5, 0.6) is 0 Å². The number of nitrogens with zero attached hydrogens (tertiary/aromatic N) is 1. The van der Waals surface area contributed by atoms with Gasteiger partial charge in [-0.2, -0.15) is 0 Å². The minimum absolute atomic E-state index is 0.0593. The van der Waals surface area contributed by atoms with Crippen molar-refractivity contribution in [2.45, 2.75) is 81.4 Å². The van der Waals surface area contributed by atoms with Crippen molar-refractivity contribution in [3.05, 3.63) is 59.7 Å². The molecule has 2 saturated carbocycles. The summed E-state index contributed by atoms with van der Waals surface area (Å²) in [5, 5.41) is 17.5. The Morgan fingerprint density at radius 2 is 1.86 bits per heavy atom. The molecule has 9 nitrogen and oxygen atoms in total. The number of aliphatic hydroxyl groups is 1. The summed E-state index contributed by atoms with van der Waals surface area (Å²) in [5.74, 6) is 0.0175. The third-order valence-electron chi connectivity index (χ3n) is 9.15. The first-order chi connectivity index (χ1) is 20.0. The fraction of sp³-hybridized carbons (Fsp3) is 0.531. The number of hydrogen-bond acceptors (Lipinski definition) is 6. The fourth-order valence-corrected chi connectivity index (χ4v) is 7.46. The van der Waals surface area contributed by atoms with E-state index in [0.717, 1.165) is 24.7 Å². The van der Waals surface area contributed by atoms with Gasteiger partial charge in [-0.3, -0.25) is 14.4 Å². The van der Waals surface area contributed by atoms with Crippen LogP contribution >= 0.6 is 0 Å². The lowest BCUT2D eigenvalue weighted by Crippen LogP contribution is -2.47. The van der Waals surface area contributed by atoms with Gasteiger partial charge < -0.3 is 20.6 Å². The second-order valence-electron chi connectivity index (χ2n) is 12.4. The first-order valence-electron chi connectivity index (χ1n) is 15.0. The molecule has 2 aliphatic carbocycles. The molecule has 1 aliphatic heterocycles. The molecule has 3 amide bonds. The van der Waals surface area contributed by atoms with E-state index >= 15 is 0 Å². The zero-order valence-electron chi connectivity index (χ0n) is 24.3. The number of nitrogens with one attached hydrogen (secondary N) is 2. The third kappa shape index (κ3) is 7.03. The second kappa shape index (κ2) is 12.6. The van der Waals surface area contributed by atoms with E-state index in [-0.39, 0.29) is 34.7 Å². The van der Waals surface area contributed by atoms with Gasteiger partial charge in [0.1, 0.15) is 0 Å². The molecular weight excluding hydrogens is 554 g/mol. The Hall–Kier alpha value is -3.24. The van der Waals surface area contributed by atoms with E-state index < -0.39 is 33.8 Å². The summed E-state index contributed by atoms with van der Waals surface area (Å²) in [4.78, 5) is 40.5.